The molecule has 0 spiro atoms. The van der Waals surface area contributed by atoms with Crippen LogP contribution in [-0.4, -0.2) is 18.1 Å². The van der Waals surface area contributed by atoms with Gasteiger partial charge in [0, 0.05) is 12.7 Å². The van der Waals surface area contributed by atoms with Crippen molar-refractivity contribution < 1.29 is 14.6 Å². The third-order valence-electron chi connectivity index (χ3n) is 3.79. The topological polar surface area (TPSA) is 60.5 Å². The zero-order valence-corrected chi connectivity index (χ0v) is 15.7. The summed E-state index contributed by atoms with van der Waals surface area (Å²) in [6.45, 7) is 0.642. The summed E-state index contributed by atoms with van der Waals surface area (Å²) in [5, 5.41) is 3.29. The number of hydrogen-bond acceptors (Lipinski definition) is 5. The van der Waals surface area contributed by atoms with Crippen molar-refractivity contribution in [3.63, 3.8) is 0 Å². The number of anilines is 1. The Bertz CT molecular complexity index is 898. The summed E-state index contributed by atoms with van der Waals surface area (Å²) in [4.78, 5) is 25.5. The van der Waals surface area contributed by atoms with Gasteiger partial charge in [0.15, 0.2) is 0 Å². The van der Waals surface area contributed by atoms with E-state index in [0.717, 1.165) is 27.0 Å². The number of hydrogen-bond donors (Lipinski definition) is 1. The maximum atomic E-state index is 12.0. The van der Waals surface area contributed by atoms with Crippen LogP contribution in [0.1, 0.15) is 15.9 Å². The van der Waals surface area contributed by atoms with Gasteiger partial charge >= 0.3 is 5.97 Å². The number of halogens is 1. The molecule has 3 aromatic rings. The number of nitrogens with zero attached hydrogens (tertiary/aromatic N) is 1. The van der Waals surface area contributed by atoms with E-state index in [0.29, 0.717) is 12.1 Å². The molecule has 2 aromatic carbocycles. The summed E-state index contributed by atoms with van der Waals surface area (Å²) in [5.74, 6) is 0.276. The Morgan fingerprint density at radius 1 is 1.08 bits per heavy atom. The lowest BCUT2D eigenvalue weighted by atomic mass is 9.99. The molecule has 1 heterocycles. The number of carbonyl (C=O) groups excluding carboxylic acids is 1. The summed E-state index contributed by atoms with van der Waals surface area (Å²) in [7, 11) is 1.31. The molecule has 1 aromatic heterocycles. The molecule has 1 N–H and O–H groups in total. The molecule has 0 bridgehead atoms. The Balaban J connectivity index is 1.76. The quantitative estimate of drug-likeness (QED) is 0.463. The standard InChI is InChI=1S/C20H17BrN2O3/c1-25-26-20(24)17-6-3-2-5-16(17)15-10-8-14(9-11-15)13-23-19-18(21)7-4-12-22-19/h2-12H,13H2,1H3,(H,22,23). The minimum atomic E-state index is -0.520. The highest BCUT2D eigenvalue weighted by atomic mass is 79.9. The average molecular weight is 413 g/mol. The molecular weight excluding hydrogens is 396 g/mol. The smallest absolute Gasteiger partial charge is 0.365 e. The number of benzene rings is 2. The van der Waals surface area contributed by atoms with Gasteiger partial charge in [0.25, 0.3) is 0 Å². The van der Waals surface area contributed by atoms with Gasteiger partial charge in [-0.05, 0) is 50.8 Å². The molecule has 6 heteroatoms. The predicted octanol–water partition coefficient (Wildman–Crippen LogP) is 4.84. The minimum Gasteiger partial charge on any atom is -0.365 e. The largest absolute Gasteiger partial charge is 0.373 e. The van der Waals surface area contributed by atoms with Crippen LogP contribution >= 0.6 is 15.9 Å². The summed E-state index contributed by atoms with van der Waals surface area (Å²) in [6, 6.07) is 19.0. The Morgan fingerprint density at radius 2 is 1.85 bits per heavy atom. The molecule has 0 aliphatic carbocycles. The van der Waals surface area contributed by atoms with Crippen LogP contribution in [0, 0.1) is 0 Å². The van der Waals surface area contributed by atoms with Crippen molar-refractivity contribution in [3.8, 4) is 11.1 Å². The van der Waals surface area contributed by atoms with Gasteiger partial charge in [0.1, 0.15) is 5.82 Å². The fourth-order valence-corrected chi connectivity index (χ4v) is 2.93. The fraction of sp³-hybridized carbons (Fsp3) is 0.100. The van der Waals surface area contributed by atoms with Crippen molar-refractivity contribution in [3.05, 3.63) is 82.5 Å². The first-order valence-corrected chi connectivity index (χ1v) is 8.76. The summed E-state index contributed by atoms with van der Waals surface area (Å²) < 4.78 is 0.919. The van der Waals surface area contributed by atoms with Crippen molar-refractivity contribution in [1.29, 1.82) is 0 Å². The molecule has 132 valence electrons. The molecule has 0 atom stereocenters. The number of rotatable bonds is 6. The minimum absolute atomic E-state index is 0.456. The van der Waals surface area contributed by atoms with Gasteiger partial charge in [-0.15, -0.1) is 0 Å². The summed E-state index contributed by atoms with van der Waals surface area (Å²) >= 11 is 3.47. The van der Waals surface area contributed by atoms with Crippen molar-refractivity contribution in [2.75, 3.05) is 12.4 Å². The van der Waals surface area contributed by atoms with Gasteiger partial charge in [-0.3, -0.25) is 4.89 Å². The van der Waals surface area contributed by atoms with Gasteiger partial charge in [0.05, 0.1) is 17.1 Å². The van der Waals surface area contributed by atoms with E-state index in [-0.39, 0.29) is 0 Å². The van der Waals surface area contributed by atoms with Crippen LogP contribution in [0.15, 0.2) is 71.3 Å². The average Bonchev–Trinajstić information content (AvgIpc) is 2.68. The molecule has 0 fully saturated rings. The monoisotopic (exact) mass is 412 g/mol. The first kappa shape index (κ1) is 18.1. The van der Waals surface area contributed by atoms with Crippen LogP contribution < -0.4 is 5.32 Å². The molecule has 0 unspecified atom stereocenters. The number of nitrogens with one attached hydrogen (secondary N) is 1. The molecule has 0 radical (unpaired) electrons. The number of pyridine rings is 1. The second-order valence-corrected chi connectivity index (χ2v) is 6.32. The summed E-state index contributed by atoms with van der Waals surface area (Å²) in [5.41, 5.74) is 3.28. The van der Waals surface area contributed by atoms with E-state index in [2.05, 4.69) is 36.0 Å². The molecule has 0 aliphatic heterocycles. The molecule has 0 saturated heterocycles. The van der Waals surface area contributed by atoms with Crippen LogP contribution in [-0.2, 0) is 16.3 Å². The van der Waals surface area contributed by atoms with E-state index in [4.69, 9.17) is 0 Å². The lowest BCUT2D eigenvalue weighted by molar-refractivity contribution is -0.216. The Hall–Kier alpha value is -2.70. The van der Waals surface area contributed by atoms with Crippen LogP contribution in [0.5, 0.6) is 0 Å². The summed E-state index contributed by atoms with van der Waals surface area (Å²) in [6.07, 6.45) is 1.74. The van der Waals surface area contributed by atoms with Crippen molar-refractivity contribution in [1.82, 2.24) is 4.98 Å². The van der Waals surface area contributed by atoms with Crippen molar-refractivity contribution in [2.45, 2.75) is 6.54 Å². The van der Waals surface area contributed by atoms with E-state index in [9.17, 15) is 4.79 Å². The van der Waals surface area contributed by atoms with E-state index in [1.807, 2.05) is 48.5 Å². The van der Waals surface area contributed by atoms with E-state index >= 15 is 0 Å². The highest BCUT2D eigenvalue weighted by Gasteiger charge is 2.14. The Labute approximate surface area is 160 Å². The third-order valence-corrected chi connectivity index (χ3v) is 4.43. The van der Waals surface area contributed by atoms with Crippen LogP contribution in [0.25, 0.3) is 11.1 Å². The van der Waals surface area contributed by atoms with Crippen LogP contribution in [0.2, 0.25) is 0 Å². The van der Waals surface area contributed by atoms with Crippen LogP contribution in [0.3, 0.4) is 0 Å². The van der Waals surface area contributed by atoms with Crippen molar-refractivity contribution >= 4 is 27.7 Å². The molecule has 0 aliphatic rings. The van der Waals surface area contributed by atoms with Gasteiger partial charge in [-0.25, -0.2) is 9.78 Å². The number of carbonyl (C=O) groups is 1. The molecular formula is C20H17BrN2O3. The lowest BCUT2D eigenvalue weighted by Crippen LogP contribution is -2.06. The number of aromatic nitrogens is 1. The normalized spacial score (nSPS) is 10.4. The van der Waals surface area contributed by atoms with Gasteiger partial charge < -0.3 is 5.32 Å². The third kappa shape index (κ3) is 4.28. The first-order valence-electron chi connectivity index (χ1n) is 7.97. The fourth-order valence-electron chi connectivity index (χ4n) is 2.54. The SMILES string of the molecule is COOC(=O)c1ccccc1-c1ccc(CNc2ncccc2Br)cc1. The second-order valence-electron chi connectivity index (χ2n) is 5.47. The molecule has 3 rings (SSSR count). The van der Waals surface area contributed by atoms with Gasteiger partial charge in [0.2, 0.25) is 0 Å². The molecule has 0 amide bonds. The van der Waals surface area contributed by atoms with Crippen molar-refractivity contribution in [2.24, 2.45) is 0 Å². The zero-order valence-electron chi connectivity index (χ0n) is 14.1. The maximum absolute atomic E-state index is 12.0. The first-order chi connectivity index (χ1) is 12.7. The zero-order chi connectivity index (χ0) is 18.4. The van der Waals surface area contributed by atoms with E-state index in [1.54, 1.807) is 18.3 Å². The molecule has 0 saturated carbocycles. The Kier molecular flexibility index (Phi) is 5.99. The highest BCUT2D eigenvalue weighted by Crippen LogP contribution is 2.25. The second kappa shape index (κ2) is 8.60. The van der Waals surface area contributed by atoms with Gasteiger partial charge in [-0.2, -0.15) is 4.89 Å². The highest BCUT2D eigenvalue weighted by molar-refractivity contribution is 9.10. The van der Waals surface area contributed by atoms with E-state index in [1.165, 1.54) is 7.11 Å². The molecule has 5 nitrogen and oxygen atoms in total. The Morgan fingerprint density at radius 3 is 2.58 bits per heavy atom. The van der Waals surface area contributed by atoms with Crippen LogP contribution in [0.4, 0.5) is 5.82 Å². The maximum Gasteiger partial charge on any atom is 0.373 e. The predicted molar refractivity (Wildman–Crippen MR) is 104 cm³/mol. The lowest BCUT2D eigenvalue weighted by Gasteiger charge is -2.10. The molecule has 26 heavy (non-hydrogen) atoms. The van der Waals surface area contributed by atoms with Gasteiger partial charge in [-0.1, -0.05) is 42.5 Å². The van der Waals surface area contributed by atoms with E-state index < -0.39 is 5.97 Å².